The summed E-state index contributed by atoms with van der Waals surface area (Å²) in [6.45, 7) is 2.18. The van der Waals surface area contributed by atoms with Crippen LogP contribution < -0.4 is 11.1 Å². The molecule has 0 saturated carbocycles. The second kappa shape index (κ2) is 8.92. The number of hydrogen-bond acceptors (Lipinski definition) is 5. The van der Waals surface area contributed by atoms with E-state index in [2.05, 4.69) is 10.2 Å². The average Bonchev–Trinajstić information content (AvgIpc) is 2.10. The van der Waals surface area contributed by atoms with Gasteiger partial charge in [-0.15, -0.1) is 22.5 Å². The highest BCUT2D eigenvalue weighted by Gasteiger charge is 2.05. The van der Waals surface area contributed by atoms with Gasteiger partial charge in [0.15, 0.2) is 0 Å². The molecule has 0 aliphatic carbocycles. The van der Waals surface area contributed by atoms with E-state index in [1.807, 2.05) is 6.92 Å². The van der Waals surface area contributed by atoms with Crippen LogP contribution in [0, 0.1) is 10.1 Å². The van der Waals surface area contributed by atoms with Crippen molar-refractivity contribution in [2.75, 3.05) is 13.2 Å². The fourth-order valence-corrected chi connectivity index (χ4v) is 0.880. The van der Waals surface area contributed by atoms with Gasteiger partial charge in [-0.05, 0) is 6.42 Å². The Bertz CT molecular complexity index is 193. The number of nitrogens with one attached hydrogen (secondary N) is 1. The fraction of sp³-hybridized carbons (Fsp3) is 0.833. The summed E-state index contributed by atoms with van der Waals surface area (Å²) >= 11 is 4.89. The summed E-state index contributed by atoms with van der Waals surface area (Å²) in [7, 11) is 0. The van der Waals surface area contributed by atoms with E-state index in [0.717, 1.165) is 6.42 Å². The minimum atomic E-state index is -0.843. The van der Waals surface area contributed by atoms with Crippen LogP contribution in [0.25, 0.3) is 0 Å². The Balaban J connectivity index is 0. The molecule has 0 fully saturated rings. The molecule has 3 N–H and O–H groups in total. The molecule has 0 aliphatic rings. The Labute approximate surface area is 93.7 Å². The molecular weight excluding hydrogens is 230 g/mol. The quantitative estimate of drug-likeness (QED) is 0.301. The first-order chi connectivity index (χ1) is 6.07. The van der Waals surface area contributed by atoms with Crippen molar-refractivity contribution in [3.05, 3.63) is 10.1 Å². The van der Waals surface area contributed by atoms with Crippen LogP contribution in [0.2, 0.25) is 0 Å². The maximum Gasteiger partial charge on any atom is 0.294 e. The van der Waals surface area contributed by atoms with Crippen molar-refractivity contribution in [2.24, 2.45) is 5.73 Å². The Hall–Kier alpha value is -0.660. The molecule has 0 spiro atoms. The van der Waals surface area contributed by atoms with Gasteiger partial charge in [-0.25, -0.2) is 0 Å². The van der Waals surface area contributed by atoms with Gasteiger partial charge in [0.1, 0.15) is 6.61 Å². The molecule has 0 rings (SSSR count). The number of nitrogens with zero attached hydrogens (tertiary/aromatic N) is 1. The first kappa shape index (κ1) is 15.8. The normalized spacial score (nSPS) is 11.0. The largest absolute Gasteiger partial charge is 0.376 e. The SMILES string of the molecule is CC[C@@H](N)C(=S)NCCO[N+](=O)[O-].Cl. The molecule has 0 unspecified atom stereocenters. The maximum absolute atomic E-state index is 9.73. The van der Waals surface area contributed by atoms with E-state index < -0.39 is 5.09 Å². The summed E-state index contributed by atoms with van der Waals surface area (Å²) in [5.41, 5.74) is 5.58. The molecule has 0 heterocycles. The molecule has 0 aromatic carbocycles. The van der Waals surface area contributed by atoms with Crippen LogP contribution in [-0.2, 0) is 4.84 Å². The highest BCUT2D eigenvalue weighted by Crippen LogP contribution is 1.87. The predicted octanol–water partition coefficient (Wildman–Crippen LogP) is 0.271. The summed E-state index contributed by atoms with van der Waals surface area (Å²) in [6, 6.07) is -0.189. The van der Waals surface area contributed by atoms with Gasteiger partial charge in [0.05, 0.1) is 11.0 Å². The van der Waals surface area contributed by atoms with Crippen LogP contribution in [0.3, 0.4) is 0 Å². The zero-order chi connectivity index (χ0) is 10.3. The van der Waals surface area contributed by atoms with Crippen LogP contribution in [0.1, 0.15) is 13.3 Å². The van der Waals surface area contributed by atoms with E-state index in [9.17, 15) is 10.1 Å². The van der Waals surface area contributed by atoms with E-state index in [0.29, 0.717) is 11.5 Å². The van der Waals surface area contributed by atoms with E-state index in [-0.39, 0.29) is 25.1 Å². The lowest BCUT2D eigenvalue weighted by molar-refractivity contribution is -0.757. The number of hydrogen-bond donors (Lipinski definition) is 2. The summed E-state index contributed by atoms with van der Waals surface area (Å²) < 4.78 is 0. The molecule has 0 bridgehead atoms. The molecule has 0 aromatic rings. The first-order valence-corrected chi connectivity index (χ1v) is 4.29. The second-order valence-corrected chi connectivity index (χ2v) is 2.80. The summed E-state index contributed by atoms with van der Waals surface area (Å²) in [4.78, 5) is 14.3. The molecule has 0 aromatic heterocycles. The van der Waals surface area contributed by atoms with E-state index in [1.165, 1.54) is 0 Å². The van der Waals surface area contributed by atoms with Gasteiger partial charge < -0.3 is 15.9 Å². The number of nitrogens with two attached hydrogens (primary N) is 1. The van der Waals surface area contributed by atoms with Gasteiger partial charge in [-0.2, -0.15) is 0 Å². The fourth-order valence-electron chi connectivity index (χ4n) is 0.611. The van der Waals surface area contributed by atoms with Crippen molar-refractivity contribution < 1.29 is 9.92 Å². The van der Waals surface area contributed by atoms with Crippen molar-refractivity contribution in [1.29, 1.82) is 0 Å². The molecule has 1 atom stereocenters. The molecular formula is C6H14ClN3O3S. The average molecular weight is 244 g/mol. The van der Waals surface area contributed by atoms with Crippen molar-refractivity contribution in [3.63, 3.8) is 0 Å². The summed E-state index contributed by atoms with van der Waals surface area (Å²) in [5, 5.41) is 11.7. The van der Waals surface area contributed by atoms with Crippen molar-refractivity contribution in [3.8, 4) is 0 Å². The van der Waals surface area contributed by atoms with Crippen LogP contribution >= 0.6 is 24.6 Å². The van der Waals surface area contributed by atoms with Crippen molar-refractivity contribution in [1.82, 2.24) is 5.32 Å². The van der Waals surface area contributed by atoms with Crippen LogP contribution in [-0.4, -0.2) is 29.3 Å². The Morgan fingerprint density at radius 3 is 2.79 bits per heavy atom. The third-order valence-corrected chi connectivity index (χ3v) is 1.82. The molecule has 0 saturated heterocycles. The molecule has 14 heavy (non-hydrogen) atoms. The van der Waals surface area contributed by atoms with Crippen molar-refractivity contribution >= 4 is 29.6 Å². The number of rotatable bonds is 6. The smallest absolute Gasteiger partial charge is 0.294 e. The Kier molecular flexibility index (Phi) is 10.1. The number of thiocarbonyl (C=S) groups is 1. The third kappa shape index (κ3) is 7.96. The monoisotopic (exact) mass is 243 g/mol. The van der Waals surface area contributed by atoms with Gasteiger partial charge in [0.25, 0.3) is 5.09 Å². The molecule has 8 heteroatoms. The summed E-state index contributed by atoms with van der Waals surface area (Å²) in [5.74, 6) is 0. The van der Waals surface area contributed by atoms with E-state index in [1.54, 1.807) is 0 Å². The van der Waals surface area contributed by atoms with Crippen molar-refractivity contribution in [2.45, 2.75) is 19.4 Å². The summed E-state index contributed by atoms with van der Waals surface area (Å²) in [6.07, 6.45) is 0.738. The second-order valence-electron chi connectivity index (χ2n) is 2.36. The van der Waals surface area contributed by atoms with Gasteiger partial charge in [0, 0.05) is 6.54 Å². The van der Waals surface area contributed by atoms with Crippen LogP contribution in [0.4, 0.5) is 0 Å². The molecule has 0 aliphatic heterocycles. The van der Waals surface area contributed by atoms with Gasteiger partial charge in [0.2, 0.25) is 0 Å². The molecule has 84 valence electrons. The highest BCUT2D eigenvalue weighted by molar-refractivity contribution is 7.80. The zero-order valence-corrected chi connectivity index (χ0v) is 9.40. The minimum absolute atomic E-state index is 0. The standard InChI is InChI=1S/C6H13N3O3S.ClH/c1-2-5(7)6(13)8-3-4-12-9(10)11;/h5H,2-4,7H2,1H3,(H,8,13);1H/t5-;/m1./s1. The van der Waals surface area contributed by atoms with Gasteiger partial charge in [-0.1, -0.05) is 19.1 Å². The predicted molar refractivity (Wildman–Crippen MR) is 59.1 cm³/mol. The highest BCUT2D eigenvalue weighted by atomic mass is 35.5. The topological polar surface area (TPSA) is 90.4 Å². The lowest BCUT2D eigenvalue weighted by atomic mass is 10.2. The Morgan fingerprint density at radius 2 is 2.36 bits per heavy atom. The van der Waals surface area contributed by atoms with Gasteiger partial charge >= 0.3 is 0 Å². The maximum atomic E-state index is 9.73. The molecule has 6 nitrogen and oxygen atoms in total. The van der Waals surface area contributed by atoms with Crippen LogP contribution in [0.5, 0.6) is 0 Å². The molecule has 0 radical (unpaired) electrons. The lowest BCUT2D eigenvalue weighted by Crippen LogP contribution is -2.40. The first-order valence-electron chi connectivity index (χ1n) is 3.88. The Morgan fingerprint density at radius 1 is 1.79 bits per heavy atom. The minimum Gasteiger partial charge on any atom is -0.376 e. The van der Waals surface area contributed by atoms with E-state index >= 15 is 0 Å². The lowest BCUT2D eigenvalue weighted by Gasteiger charge is -2.12. The van der Waals surface area contributed by atoms with Gasteiger partial charge in [-0.3, -0.25) is 0 Å². The zero-order valence-electron chi connectivity index (χ0n) is 7.76. The molecule has 0 amide bonds. The number of halogens is 1. The third-order valence-electron chi connectivity index (χ3n) is 1.37. The van der Waals surface area contributed by atoms with E-state index in [4.69, 9.17) is 18.0 Å². The van der Waals surface area contributed by atoms with Crippen LogP contribution in [0.15, 0.2) is 0 Å².